The van der Waals surface area contributed by atoms with Crippen molar-refractivity contribution in [2.75, 3.05) is 5.32 Å². The van der Waals surface area contributed by atoms with E-state index >= 15 is 0 Å². The molecule has 0 atom stereocenters. The second kappa shape index (κ2) is 7.46. The summed E-state index contributed by atoms with van der Waals surface area (Å²) in [6, 6.07) is 4.80. The van der Waals surface area contributed by atoms with Crippen LogP contribution in [-0.2, 0) is 20.3 Å². The number of nitro groups is 1. The maximum Gasteiger partial charge on any atom is 0.417 e. The van der Waals surface area contributed by atoms with E-state index in [1.165, 1.54) is 9.13 Å². The van der Waals surface area contributed by atoms with Crippen molar-refractivity contribution >= 4 is 44.0 Å². The van der Waals surface area contributed by atoms with Gasteiger partial charge in [0, 0.05) is 30.3 Å². The number of rotatable bonds is 4. The molecular weight excluding hydrogens is 469 g/mol. The zero-order chi connectivity index (χ0) is 22.5. The van der Waals surface area contributed by atoms with E-state index in [1.54, 1.807) is 26.2 Å². The molecule has 0 fully saturated rings. The highest BCUT2D eigenvalue weighted by molar-refractivity contribution is 9.10. The van der Waals surface area contributed by atoms with Crippen LogP contribution in [0.5, 0.6) is 0 Å². The Balaban J connectivity index is 2.25. The molecule has 1 N–H and O–H groups in total. The molecule has 160 valence electrons. The number of imidazole rings is 1. The fourth-order valence-corrected chi connectivity index (χ4v) is 3.94. The number of aryl methyl sites for hydroxylation is 2. The summed E-state index contributed by atoms with van der Waals surface area (Å²) in [5.41, 5.74) is 0.285. The average Bonchev–Trinajstić information content (AvgIpc) is 2.85. The second-order valence-electron chi connectivity index (χ2n) is 7.22. The summed E-state index contributed by atoms with van der Waals surface area (Å²) in [5.74, 6) is -0.00658. The van der Waals surface area contributed by atoms with Gasteiger partial charge >= 0.3 is 11.9 Å². The Kier molecular flexibility index (Phi) is 5.44. The molecular formula is C19H18BrF3N4O3. The van der Waals surface area contributed by atoms with Crippen LogP contribution in [0.25, 0.3) is 11.0 Å². The Morgan fingerprint density at radius 3 is 2.30 bits per heavy atom. The van der Waals surface area contributed by atoms with Crippen molar-refractivity contribution in [3.05, 3.63) is 60.5 Å². The number of hydrogen-bond donors (Lipinski definition) is 1. The summed E-state index contributed by atoms with van der Waals surface area (Å²) >= 11 is 2.76. The van der Waals surface area contributed by atoms with E-state index in [-0.39, 0.29) is 17.3 Å². The van der Waals surface area contributed by atoms with E-state index in [1.807, 2.05) is 13.8 Å². The number of nitrogens with one attached hydrogen (secondary N) is 1. The molecule has 3 aromatic rings. The molecule has 0 unspecified atom stereocenters. The zero-order valence-electron chi connectivity index (χ0n) is 16.5. The van der Waals surface area contributed by atoms with Gasteiger partial charge in [0.25, 0.3) is 5.69 Å². The maximum atomic E-state index is 13.3. The normalized spacial score (nSPS) is 12.0. The maximum absolute atomic E-state index is 13.3. The summed E-state index contributed by atoms with van der Waals surface area (Å²) in [6.45, 7) is 3.83. The van der Waals surface area contributed by atoms with E-state index in [0.717, 1.165) is 11.6 Å². The van der Waals surface area contributed by atoms with E-state index in [2.05, 4.69) is 21.2 Å². The third-order valence-corrected chi connectivity index (χ3v) is 5.53. The third kappa shape index (κ3) is 3.69. The predicted octanol–water partition coefficient (Wildman–Crippen LogP) is 5.43. The summed E-state index contributed by atoms with van der Waals surface area (Å²) in [7, 11) is 3.22. The topological polar surface area (TPSA) is 82.1 Å². The minimum absolute atomic E-state index is 0.00658. The number of hydrogen-bond acceptors (Lipinski definition) is 4. The van der Waals surface area contributed by atoms with Crippen LogP contribution in [0.15, 0.2) is 33.5 Å². The molecule has 3 rings (SSSR count). The van der Waals surface area contributed by atoms with Crippen molar-refractivity contribution in [1.82, 2.24) is 9.13 Å². The summed E-state index contributed by atoms with van der Waals surface area (Å²) in [6.07, 6.45) is -4.69. The lowest BCUT2D eigenvalue weighted by Crippen LogP contribution is -2.19. The molecule has 0 aliphatic rings. The number of benzene rings is 2. The smallest absolute Gasteiger partial charge is 0.350 e. The Morgan fingerprint density at radius 2 is 1.77 bits per heavy atom. The van der Waals surface area contributed by atoms with Gasteiger partial charge in [-0.05, 0) is 45.6 Å². The summed E-state index contributed by atoms with van der Waals surface area (Å²) in [4.78, 5) is 23.0. The van der Waals surface area contributed by atoms with Crippen LogP contribution in [0.1, 0.15) is 30.9 Å². The van der Waals surface area contributed by atoms with E-state index in [4.69, 9.17) is 0 Å². The molecule has 2 aromatic carbocycles. The molecule has 0 saturated heterocycles. The summed E-state index contributed by atoms with van der Waals surface area (Å²) < 4.78 is 42.4. The second-order valence-corrected chi connectivity index (χ2v) is 8.07. The average molecular weight is 487 g/mol. The van der Waals surface area contributed by atoms with Crippen LogP contribution >= 0.6 is 15.9 Å². The molecule has 1 aromatic heterocycles. The molecule has 30 heavy (non-hydrogen) atoms. The first kappa shape index (κ1) is 21.9. The highest BCUT2D eigenvalue weighted by Gasteiger charge is 2.35. The van der Waals surface area contributed by atoms with E-state index in [9.17, 15) is 28.1 Å². The monoisotopic (exact) mass is 486 g/mol. The lowest BCUT2D eigenvalue weighted by atomic mass is 10.0. The summed E-state index contributed by atoms with van der Waals surface area (Å²) in [5, 5.41) is 14.2. The quantitative estimate of drug-likeness (QED) is 0.393. The van der Waals surface area contributed by atoms with Gasteiger partial charge in [-0.2, -0.15) is 13.2 Å². The molecule has 0 aliphatic heterocycles. The Bertz CT molecular complexity index is 1230. The highest BCUT2D eigenvalue weighted by atomic mass is 79.9. The van der Waals surface area contributed by atoms with Gasteiger partial charge in [0.05, 0.1) is 21.5 Å². The molecule has 11 heteroatoms. The Hall–Kier alpha value is -2.82. The van der Waals surface area contributed by atoms with Crippen LogP contribution in [0, 0.1) is 10.1 Å². The van der Waals surface area contributed by atoms with Gasteiger partial charge in [0.15, 0.2) is 0 Å². The molecule has 0 saturated carbocycles. The minimum Gasteiger partial charge on any atom is -0.350 e. The van der Waals surface area contributed by atoms with Gasteiger partial charge in [0.2, 0.25) is 0 Å². The first-order valence-electron chi connectivity index (χ1n) is 8.84. The predicted molar refractivity (Wildman–Crippen MR) is 111 cm³/mol. The standard InChI is InChI=1S/C19H18BrF3N4O3/c1-9(2)11-5-10(6-16-17(11)26(4)18(28)25(16)3)24-14-7-12(19(21,22)23)13(20)8-15(14)27(29)30/h5-9,24H,1-4H3. The lowest BCUT2D eigenvalue weighted by molar-refractivity contribution is -0.384. The number of aromatic nitrogens is 2. The molecule has 0 radical (unpaired) electrons. The van der Waals surface area contributed by atoms with Crippen LogP contribution in [0.4, 0.5) is 30.2 Å². The van der Waals surface area contributed by atoms with Gasteiger partial charge in [-0.25, -0.2) is 4.79 Å². The Labute approximate surface area is 177 Å². The highest BCUT2D eigenvalue weighted by Crippen LogP contribution is 2.41. The number of fused-ring (bicyclic) bond motifs is 1. The Morgan fingerprint density at radius 1 is 1.13 bits per heavy atom. The molecule has 0 amide bonds. The minimum atomic E-state index is -4.69. The number of nitro benzene ring substituents is 1. The SMILES string of the molecule is CC(C)c1cc(Nc2cc(C(F)(F)F)c(Br)cc2[N+](=O)[O-])cc2c1n(C)c(=O)n2C. The van der Waals surface area contributed by atoms with Gasteiger partial charge in [-0.15, -0.1) is 0 Å². The van der Waals surface area contributed by atoms with Gasteiger partial charge < -0.3 is 5.32 Å². The molecule has 0 spiro atoms. The van der Waals surface area contributed by atoms with Crippen molar-refractivity contribution in [3.8, 4) is 0 Å². The van der Waals surface area contributed by atoms with Crippen molar-refractivity contribution < 1.29 is 18.1 Å². The lowest BCUT2D eigenvalue weighted by Gasteiger charge is -2.16. The fourth-order valence-electron chi connectivity index (χ4n) is 3.38. The van der Waals surface area contributed by atoms with Crippen LogP contribution < -0.4 is 11.0 Å². The number of alkyl halides is 3. The molecule has 0 aliphatic carbocycles. The zero-order valence-corrected chi connectivity index (χ0v) is 18.1. The molecule has 7 nitrogen and oxygen atoms in total. The van der Waals surface area contributed by atoms with E-state index in [0.29, 0.717) is 22.8 Å². The number of nitrogens with zero attached hydrogens (tertiary/aromatic N) is 3. The fraction of sp³-hybridized carbons (Fsp3) is 0.316. The number of halogens is 4. The van der Waals surface area contributed by atoms with Crippen molar-refractivity contribution in [1.29, 1.82) is 0 Å². The van der Waals surface area contributed by atoms with Crippen LogP contribution in [-0.4, -0.2) is 14.1 Å². The van der Waals surface area contributed by atoms with Gasteiger partial charge in [-0.3, -0.25) is 19.2 Å². The van der Waals surface area contributed by atoms with Crippen molar-refractivity contribution in [2.45, 2.75) is 25.9 Å². The van der Waals surface area contributed by atoms with Crippen molar-refractivity contribution in [3.63, 3.8) is 0 Å². The first-order valence-corrected chi connectivity index (χ1v) is 9.63. The third-order valence-electron chi connectivity index (χ3n) is 4.88. The van der Waals surface area contributed by atoms with Crippen molar-refractivity contribution in [2.24, 2.45) is 14.1 Å². The number of anilines is 2. The largest absolute Gasteiger partial charge is 0.417 e. The van der Waals surface area contributed by atoms with Crippen LogP contribution in [0.2, 0.25) is 0 Å². The van der Waals surface area contributed by atoms with Crippen LogP contribution in [0.3, 0.4) is 0 Å². The van der Waals surface area contributed by atoms with E-state index < -0.39 is 26.8 Å². The molecule has 0 bridgehead atoms. The first-order chi connectivity index (χ1) is 13.8. The molecule has 1 heterocycles. The van der Waals surface area contributed by atoms with Gasteiger partial charge in [-0.1, -0.05) is 13.8 Å². The van der Waals surface area contributed by atoms with Gasteiger partial charge in [0.1, 0.15) is 5.69 Å².